The zero-order valence-corrected chi connectivity index (χ0v) is 16.4. The number of fused-ring (bicyclic) bond motifs is 1. The van der Waals surface area contributed by atoms with E-state index in [4.69, 9.17) is 11.6 Å². The fraction of sp³-hybridized carbons (Fsp3) is 0.250. The van der Waals surface area contributed by atoms with E-state index < -0.39 is 6.43 Å². The molecule has 3 heterocycles. The molecule has 0 radical (unpaired) electrons. The second-order valence-electron chi connectivity index (χ2n) is 6.77. The SMILES string of the molecule is Cc1nn(C)cc1-c1cc(C(F)F)c2c(C)nn(Cc3cccc(Cl)c3)c2n1. The topological polar surface area (TPSA) is 48.5 Å². The fourth-order valence-corrected chi connectivity index (χ4v) is 3.68. The quantitative estimate of drug-likeness (QED) is 0.478. The van der Waals surface area contributed by atoms with Crippen LogP contribution in [0.4, 0.5) is 8.78 Å². The zero-order valence-electron chi connectivity index (χ0n) is 15.6. The molecule has 0 aliphatic carbocycles. The third kappa shape index (κ3) is 3.26. The van der Waals surface area contributed by atoms with Crippen LogP contribution < -0.4 is 0 Å². The Balaban J connectivity index is 1.93. The van der Waals surface area contributed by atoms with E-state index in [1.165, 1.54) is 6.07 Å². The molecule has 0 amide bonds. The summed E-state index contributed by atoms with van der Waals surface area (Å²) in [4.78, 5) is 4.68. The van der Waals surface area contributed by atoms with Crippen LogP contribution in [0.2, 0.25) is 5.02 Å². The average Bonchev–Trinajstić information content (AvgIpc) is 3.13. The van der Waals surface area contributed by atoms with Crippen molar-refractivity contribution in [3.8, 4) is 11.3 Å². The van der Waals surface area contributed by atoms with Crippen LogP contribution in [0.15, 0.2) is 36.5 Å². The van der Waals surface area contributed by atoms with Gasteiger partial charge < -0.3 is 0 Å². The number of hydrogen-bond acceptors (Lipinski definition) is 3. The molecule has 0 aliphatic rings. The van der Waals surface area contributed by atoms with Gasteiger partial charge in [0.15, 0.2) is 5.65 Å². The van der Waals surface area contributed by atoms with Gasteiger partial charge in [-0.2, -0.15) is 10.2 Å². The summed E-state index contributed by atoms with van der Waals surface area (Å²) < 4.78 is 31.0. The highest BCUT2D eigenvalue weighted by molar-refractivity contribution is 6.30. The van der Waals surface area contributed by atoms with Crippen LogP contribution in [0.5, 0.6) is 0 Å². The molecule has 0 unspecified atom stereocenters. The molecule has 1 aromatic carbocycles. The first-order chi connectivity index (χ1) is 13.3. The van der Waals surface area contributed by atoms with Crippen molar-refractivity contribution < 1.29 is 8.78 Å². The van der Waals surface area contributed by atoms with E-state index in [0.29, 0.717) is 34.0 Å². The Morgan fingerprint density at radius 2 is 1.89 bits per heavy atom. The van der Waals surface area contributed by atoms with Gasteiger partial charge in [0.1, 0.15) is 0 Å². The first-order valence-electron chi connectivity index (χ1n) is 8.74. The molecule has 0 bridgehead atoms. The Bertz CT molecular complexity index is 1180. The maximum atomic E-state index is 13.9. The Morgan fingerprint density at radius 3 is 2.54 bits per heavy atom. The van der Waals surface area contributed by atoms with Crippen molar-refractivity contribution in [2.45, 2.75) is 26.8 Å². The molecule has 0 saturated carbocycles. The lowest BCUT2D eigenvalue weighted by atomic mass is 10.1. The summed E-state index contributed by atoms with van der Waals surface area (Å²) >= 11 is 6.07. The highest BCUT2D eigenvalue weighted by atomic mass is 35.5. The molecule has 5 nitrogen and oxygen atoms in total. The van der Waals surface area contributed by atoms with Crippen LogP contribution in [-0.2, 0) is 13.6 Å². The minimum Gasteiger partial charge on any atom is -0.275 e. The zero-order chi connectivity index (χ0) is 20.0. The Morgan fingerprint density at radius 1 is 1.11 bits per heavy atom. The van der Waals surface area contributed by atoms with Crippen LogP contribution >= 0.6 is 11.6 Å². The van der Waals surface area contributed by atoms with Crippen LogP contribution in [0.1, 0.15) is 28.9 Å². The van der Waals surface area contributed by atoms with Gasteiger partial charge in [0.05, 0.1) is 29.0 Å². The van der Waals surface area contributed by atoms with Gasteiger partial charge in [-0.1, -0.05) is 23.7 Å². The van der Waals surface area contributed by atoms with Crippen molar-refractivity contribution in [2.24, 2.45) is 7.05 Å². The number of hydrogen-bond donors (Lipinski definition) is 0. The maximum Gasteiger partial charge on any atom is 0.264 e. The van der Waals surface area contributed by atoms with E-state index in [9.17, 15) is 8.78 Å². The molecular formula is C20H18ClF2N5. The van der Waals surface area contributed by atoms with Crippen LogP contribution in [0.3, 0.4) is 0 Å². The number of aromatic nitrogens is 5. The second kappa shape index (κ2) is 6.98. The average molecular weight is 402 g/mol. The normalized spacial score (nSPS) is 11.7. The summed E-state index contributed by atoms with van der Waals surface area (Å²) in [6, 6.07) is 8.81. The summed E-state index contributed by atoms with van der Waals surface area (Å²) in [6.07, 6.45) is -0.854. The van der Waals surface area contributed by atoms with Crippen molar-refractivity contribution in [3.63, 3.8) is 0 Å². The summed E-state index contributed by atoms with van der Waals surface area (Å²) in [6.45, 7) is 3.94. The van der Waals surface area contributed by atoms with E-state index in [2.05, 4.69) is 15.2 Å². The van der Waals surface area contributed by atoms with Gasteiger partial charge in [-0.3, -0.25) is 4.68 Å². The van der Waals surface area contributed by atoms with Gasteiger partial charge in [0.25, 0.3) is 6.43 Å². The number of pyridine rings is 1. The van der Waals surface area contributed by atoms with Gasteiger partial charge in [-0.25, -0.2) is 18.4 Å². The fourth-order valence-electron chi connectivity index (χ4n) is 3.47. The monoisotopic (exact) mass is 401 g/mol. The van der Waals surface area contributed by atoms with E-state index in [0.717, 1.165) is 16.8 Å². The molecule has 4 rings (SSSR count). The summed E-state index contributed by atoms with van der Waals surface area (Å²) in [5.74, 6) is 0. The van der Waals surface area contributed by atoms with E-state index >= 15 is 0 Å². The molecule has 0 atom stereocenters. The van der Waals surface area contributed by atoms with Gasteiger partial charge >= 0.3 is 0 Å². The lowest BCUT2D eigenvalue weighted by Gasteiger charge is -2.08. The summed E-state index contributed by atoms with van der Waals surface area (Å²) in [5.41, 5.74) is 3.70. The van der Waals surface area contributed by atoms with Crippen molar-refractivity contribution in [2.75, 3.05) is 0 Å². The number of benzene rings is 1. The largest absolute Gasteiger partial charge is 0.275 e. The minimum atomic E-state index is -2.64. The predicted molar refractivity (Wildman–Crippen MR) is 105 cm³/mol. The number of nitrogens with zero attached hydrogens (tertiary/aromatic N) is 5. The van der Waals surface area contributed by atoms with Crippen molar-refractivity contribution >= 4 is 22.6 Å². The first-order valence-corrected chi connectivity index (χ1v) is 9.12. The Hall–Kier alpha value is -2.80. The number of halogens is 3. The second-order valence-corrected chi connectivity index (χ2v) is 7.21. The number of rotatable bonds is 4. The lowest BCUT2D eigenvalue weighted by molar-refractivity contribution is 0.153. The molecule has 0 aliphatic heterocycles. The maximum absolute atomic E-state index is 13.9. The molecule has 28 heavy (non-hydrogen) atoms. The highest BCUT2D eigenvalue weighted by Crippen LogP contribution is 2.34. The van der Waals surface area contributed by atoms with Crippen molar-refractivity contribution in [1.82, 2.24) is 24.5 Å². The highest BCUT2D eigenvalue weighted by Gasteiger charge is 2.22. The molecule has 3 aromatic heterocycles. The van der Waals surface area contributed by atoms with E-state index in [1.54, 1.807) is 35.6 Å². The molecule has 144 valence electrons. The van der Waals surface area contributed by atoms with E-state index in [-0.39, 0.29) is 5.56 Å². The van der Waals surface area contributed by atoms with Crippen molar-refractivity contribution in [1.29, 1.82) is 0 Å². The Kier molecular flexibility index (Phi) is 4.63. The molecule has 0 spiro atoms. The van der Waals surface area contributed by atoms with E-state index in [1.807, 2.05) is 25.1 Å². The first kappa shape index (κ1) is 18.6. The lowest BCUT2D eigenvalue weighted by Crippen LogP contribution is -2.04. The third-order valence-electron chi connectivity index (χ3n) is 4.65. The van der Waals surface area contributed by atoms with Gasteiger partial charge in [0, 0.05) is 29.4 Å². The smallest absolute Gasteiger partial charge is 0.264 e. The van der Waals surface area contributed by atoms with Crippen LogP contribution in [-0.4, -0.2) is 24.5 Å². The molecule has 0 fully saturated rings. The number of aryl methyl sites for hydroxylation is 3. The molecule has 0 N–H and O–H groups in total. The predicted octanol–water partition coefficient (Wildman–Crippen LogP) is 5.09. The van der Waals surface area contributed by atoms with Gasteiger partial charge in [-0.15, -0.1) is 0 Å². The molecule has 4 aromatic rings. The third-order valence-corrected chi connectivity index (χ3v) is 4.89. The van der Waals surface area contributed by atoms with Gasteiger partial charge in [-0.05, 0) is 37.6 Å². The molecular weight excluding hydrogens is 384 g/mol. The molecule has 8 heteroatoms. The van der Waals surface area contributed by atoms with Crippen LogP contribution in [0, 0.1) is 13.8 Å². The summed E-state index contributed by atoms with van der Waals surface area (Å²) in [5, 5.41) is 9.78. The summed E-state index contributed by atoms with van der Waals surface area (Å²) in [7, 11) is 1.79. The van der Waals surface area contributed by atoms with Crippen LogP contribution in [0.25, 0.3) is 22.3 Å². The van der Waals surface area contributed by atoms with Gasteiger partial charge in [0.2, 0.25) is 0 Å². The molecule has 0 saturated heterocycles. The Labute approximate surface area is 165 Å². The van der Waals surface area contributed by atoms with Crippen molar-refractivity contribution in [3.05, 3.63) is 64.1 Å². The number of alkyl halides is 2. The standard InChI is InChI=1S/C20H18ClF2N5/c1-11-16(10-27(3)25-11)17-8-15(19(22)23)18-12(2)26-28(20(18)24-17)9-13-5-4-6-14(21)7-13/h4-8,10,19H,9H2,1-3H3. The minimum absolute atomic E-state index is 0.0712.